The highest BCUT2D eigenvalue weighted by atomic mass is 16.5. The summed E-state index contributed by atoms with van der Waals surface area (Å²) in [6.45, 7) is 4.11. The van der Waals surface area contributed by atoms with Gasteiger partial charge in [0.25, 0.3) is 23.6 Å². The molecule has 7 aromatic carbocycles. The number of nitrogens with one attached hydrogen (secondary N) is 12. The maximum Gasteiger partial charge on any atom is 0.251 e. The molecule has 0 aliphatic rings. The van der Waals surface area contributed by atoms with Gasteiger partial charge in [-0.05, 0) is 243 Å². The first kappa shape index (κ1) is 94.0. The van der Waals surface area contributed by atoms with E-state index < -0.39 is 0 Å². The zero-order valence-corrected chi connectivity index (χ0v) is 76.5. The van der Waals surface area contributed by atoms with Crippen molar-refractivity contribution < 1.29 is 29.0 Å². The fourth-order valence-corrected chi connectivity index (χ4v) is 15.7. The molecule has 0 fully saturated rings. The molecule has 0 bridgehead atoms. The number of phenols is 1. The summed E-state index contributed by atoms with van der Waals surface area (Å²) in [7, 11) is 5.62. The number of imidazole rings is 4. The van der Waals surface area contributed by atoms with Crippen LogP contribution in [0.5, 0.6) is 5.75 Å². The van der Waals surface area contributed by atoms with E-state index in [0.717, 1.165) is 156 Å². The summed E-state index contributed by atoms with van der Waals surface area (Å²) in [6, 6.07) is 83.8. The number of aromatic hydroxyl groups is 1. The number of carbonyl (C=O) groups excluding carboxylic acids is 4. The lowest BCUT2D eigenvalue weighted by atomic mass is 10.1. The number of benzene rings is 7. The van der Waals surface area contributed by atoms with Crippen molar-refractivity contribution in [3.8, 4) is 50.8 Å². The van der Waals surface area contributed by atoms with Crippen molar-refractivity contribution in [2.75, 3.05) is 67.1 Å². The van der Waals surface area contributed by atoms with Crippen LogP contribution in [0.4, 0.5) is 51.2 Å². The second-order valence-electron chi connectivity index (χ2n) is 32.7. The van der Waals surface area contributed by atoms with Crippen LogP contribution >= 0.6 is 0 Å². The molecule has 19 aromatic rings. The predicted molar refractivity (Wildman–Crippen MR) is 545 cm³/mol. The number of amides is 4. The normalized spacial score (nSPS) is 11.1. The first-order chi connectivity index (χ1) is 67.8. The number of aromatic nitrogens is 12. The molecule has 0 spiro atoms. The fourth-order valence-electron chi connectivity index (χ4n) is 15.7. The number of ether oxygens (including phenoxy) is 1. The van der Waals surface area contributed by atoms with E-state index in [9.17, 15) is 43.5 Å². The van der Waals surface area contributed by atoms with Gasteiger partial charge in [0.05, 0.1) is 58.2 Å². The average molecular weight is 1850 g/mol. The number of H-pyrrole nitrogens is 4. The van der Waals surface area contributed by atoms with Crippen LogP contribution in [0.15, 0.2) is 367 Å². The molecule has 0 saturated carbocycles. The average Bonchev–Trinajstić information content (AvgIpc) is 1.70. The summed E-state index contributed by atoms with van der Waals surface area (Å²) in [4.78, 5) is 127. The molecular weight excluding hydrogens is 1750 g/mol. The molecule has 1 atom stereocenters. The Hall–Kier alpha value is -18.3. The van der Waals surface area contributed by atoms with Crippen LogP contribution in [0.3, 0.4) is 0 Å². The number of methoxy groups -OCH3 is 1. The number of carbonyl (C=O) groups is 4. The number of rotatable bonds is 31. The van der Waals surface area contributed by atoms with Gasteiger partial charge < -0.3 is 77.2 Å². The summed E-state index contributed by atoms with van der Waals surface area (Å²) in [5, 5.41) is 34.7. The Morgan fingerprint density at radius 3 is 1.06 bits per heavy atom. The van der Waals surface area contributed by atoms with Gasteiger partial charge in [-0.3, -0.25) is 56.0 Å². The third-order valence-electron chi connectivity index (χ3n) is 22.9. The van der Waals surface area contributed by atoms with E-state index in [1.165, 1.54) is 5.56 Å². The number of aromatic amines is 4. The van der Waals surface area contributed by atoms with E-state index in [2.05, 4.69) is 107 Å². The van der Waals surface area contributed by atoms with Crippen molar-refractivity contribution in [2.45, 2.75) is 51.6 Å². The van der Waals surface area contributed by atoms with Gasteiger partial charge in [0.2, 0.25) is 22.2 Å². The standard InChI is InChI=1S/C29H27N5O2.C28H26N6O2.C27H23N5O3.C24H25N5O3/c35-27-20-23(15-17-30-27)26-14-13-25(28-31-18-19-34(26)28)33-24-11-9-22(10-12-24)29(36)32-16-5-4-8-21-6-2-1-3-7-21;1-33(2)23-9-3-19(4-10-23)18-31-28(36)20-5-7-22(8-6-20)32-24-11-12-25(34-16-15-30-27(24)34)21-13-14-29-26(35)17-21;33-22-7-1-18(2-8-22)11-13-30-27(35)19-3-5-21(6-4-19)31-23-9-10-24(32-16-15-29-26(23)32)20-12-14-28-25(34)17-20;1-3-18(15-32-2)28-24(31)16-4-6-19(7-5-16)27-20-8-9-21(29-13-12-26-23(20)29)17-10-11-25-22(30)14-17/h1-3,6-7,9-15,17-20,33H,4-5,8,16H2,(H,30,35)(H,32,36);3-17,32H,18H2,1-2H3,(H,29,35)(H,31,36);1-10,12,14-17,31,33H,11,13H2,(H,28,34)(H,30,35);4-14,18,27H,3,15H2,1-2H3,(H,25,30)(H,28,31). The van der Waals surface area contributed by atoms with Crippen LogP contribution in [-0.2, 0) is 24.1 Å². The Balaban J connectivity index is 0.000000134. The highest BCUT2D eigenvalue weighted by molar-refractivity contribution is 5.97. The third kappa shape index (κ3) is 24.2. The van der Waals surface area contributed by atoms with Crippen LogP contribution in [0.25, 0.3) is 67.6 Å². The fraction of sp³-hybridized carbons (Fsp3) is 0.130. The van der Waals surface area contributed by atoms with Crippen molar-refractivity contribution in [2.24, 2.45) is 0 Å². The number of unbranched alkanes of at least 4 members (excludes halogenated alkanes) is 1. The Morgan fingerprint density at radius 2 is 0.712 bits per heavy atom. The third-order valence-corrected chi connectivity index (χ3v) is 22.9. The molecule has 31 nitrogen and oxygen atoms in total. The van der Waals surface area contributed by atoms with Gasteiger partial charge >= 0.3 is 0 Å². The number of pyridine rings is 8. The smallest absolute Gasteiger partial charge is 0.251 e. The van der Waals surface area contributed by atoms with Gasteiger partial charge in [0.1, 0.15) is 5.75 Å². The molecule has 4 amide bonds. The Bertz CT molecular complexity index is 7720. The maximum absolute atomic E-state index is 12.6. The molecule has 0 radical (unpaired) electrons. The minimum Gasteiger partial charge on any atom is -0.508 e. The summed E-state index contributed by atoms with van der Waals surface area (Å²) in [5.41, 5.74) is 22.4. The molecule has 0 saturated heterocycles. The molecule has 0 aliphatic heterocycles. The lowest BCUT2D eigenvalue weighted by molar-refractivity contribution is 0.0892. The maximum atomic E-state index is 12.6. The SMILES string of the molecule is CCC(COC)NC(=O)c1ccc(Nc2ccc(-c3cc[nH]c(=O)c3)n3ccnc23)cc1.CN(C)c1ccc(CNC(=O)c2ccc(Nc3ccc(-c4cc[nH]c(=O)c4)n4ccnc34)cc2)cc1.O=C(NCCCCc1ccccc1)c1ccc(Nc2ccc(-c3cc[nH]c(=O)c3)n3ccnc23)cc1.O=C(NCCc1ccc(O)cc1)c1ccc(Nc2ccc(-c3cc[nH]c(=O)c3)n3ccnc23)cc1. The van der Waals surface area contributed by atoms with E-state index in [-0.39, 0.29) is 57.7 Å². The Kier molecular flexibility index (Phi) is 30.4. The van der Waals surface area contributed by atoms with Crippen molar-refractivity contribution in [1.29, 1.82) is 0 Å². The summed E-state index contributed by atoms with van der Waals surface area (Å²) >= 11 is 0. The van der Waals surface area contributed by atoms with Gasteiger partial charge in [0.15, 0.2) is 22.6 Å². The van der Waals surface area contributed by atoms with Crippen LogP contribution in [0.2, 0.25) is 0 Å². The molecule has 0 aliphatic carbocycles. The van der Waals surface area contributed by atoms with Gasteiger partial charge in [-0.1, -0.05) is 61.5 Å². The van der Waals surface area contributed by atoms with Crippen molar-refractivity contribution in [3.05, 3.63) is 428 Å². The number of aryl methyl sites for hydroxylation is 1. The largest absolute Gasteiger partial charge is 0.508 e. The van der Waals surface area contributed by atoms with Gasteiger partial charge in [-0.2, -0.15) is 0 Å². The lowest BCUT2D eigenvalue weighted by Crippen LogP contribution is -2.37. The number of nitrogens with zero attached hydrogens (tertiary/aromatic N) is 9. The summed E-state index contributed by atoms with van der Waals surface area (Å²) in [6.07, 6.45) is 25.3. The van der Waals surface area contributed by atoms with Crippen LogP contribution < -0.4 is 69.7 Å². The highest BCUT2D eigenvalue weighted by Gasteiger charge is 2.19. The summed E-state index contributed by atoms with van der Waals surface area (Å²) < 4.78 is 12.9. The first-order valence-electron chi connectivity index (χ1n) is 45.1. The summed E-state index contributed by atoms with van der Waals surface area (Å²) in [5.74, 6) is -0.245. The molecule has 12 heterocycles. The van der Waals surface area contributed by atoms with Crippen LogP contribution in [0.1, 0.15) is 84.3 Å². The monoisotopic (exact) mass is 1850 g/mol. The number of phenolic OH excluding ortho intramolecular Hbond substituents is 1. The zero-order chi connectivity index (χ0) is 96.5. The molecular formula is C108H101N21O10. The minimum atomic E-state index is -0.164. The second-order valence-corrected chi connectivity index (χ2v) is 32.7. The molecule has 698 valence electrons. The Labute approximate surface area is 797 Å². The van der Waals surface area contributed by atoms with Crippen molar-refractivity contribution in [3.63, 3.8) is 0 Å². The van der Waals surface area contributed by atoms with E-state index in [0.29, 0.717) is 54.9 Å². The van der Waals surface area contributed by atoms with Gasteiger partial charge in [-0.15, -0.1) is 0 Å². The zero-order valence-electron chi connectivity index (χ0n) is 76.5. The Morgan fingerprint density at radius 1 is 0.374 bits per heavy atom. The molecule has 31 heteroatoms. The predicted octanol–water partition coefficient (Wildman–Crippen LogP) is 17.3. The molecule has 139 heavy (non-hydrogen) atoms. The van der Waals surface area contributed by atoms with Gasteiger partial charge in [0, 0.05) is 212 Å². The van der Waals surface area contributed by atoms with Crippen molar-refractivity contribution in [1.82, 2.24) is 78.7 Å². The number of fused-ring (bicyclic) bond motifs is 4. The van der Waals surface area contributed by atoms with Crippen LogP contribution in [-0.4, -0.2) is 133 Å². The molecule has 19 rings (SSSR count). The first-order valence-corrected chi connectivity index (χ1v) is 45.1. The van der Waals surface area contributed by atoms with E-state index in [1.807, 2.05) is 244 Å². The van der Waals surface area contributed by atoms with Crippen molar-refractivity contribution >= 4 is 97.4 Å². The molecule has 13 N–H and O–H groups in total. The van der Waals surface area contributed by atoms with Gasteiger partial charge in [-0.25, -0.2) is 19.9 Å². The topological polar surface area (TPSA) is 398 Å². The second kappa shape index (κ2) is 45.0. The molecule has 12 aromatic heterocycles. The van der Waals surface area contributed by atoms with E-state index in [1.54, 1.807) is 129 Å². The van der Waals surface area contributed by atoms with E-state index >= 15 is 0 Å². The quantitative estimate of drug-likeness (QED) is 0.0179. The van der Waals surface area contributed by atoms with Crippen LogP contribution in [0, 0.1) is 0 Å². The van der Waals surface area contributed by atoms with E-state index in [4.69, 9.17) is 4.74 Å². The number of hydrogen-bond acceptors (Lipinski definition) is 19. The number of hydrogen-bond donors (Lipinski definition) is 13. The molecule has 1 unspecified atom stereocenters. The minimum absolute atomic E-state index is 0.0160. The lowest BCUT2D eigenvalue weighted by Gasteiger charge is -2.16. The number of anilines is 9. The highest BCUT2D eigenvalue weighted by Crippen LogP contribution is 2.33.